The van der Waals surface area contributed by atoms with E-state index in [2.05, 4.69) is 13.8 Å². The Balaban J connectivity index is 2.91. The predicted molar refractivity (Wildman–Crippen MR) is 66.9 cm³/mol. The normalized spacial score (nSPS) is 29.2. The Morgan fingerprint density at radius 3 is 2.61 bits per heavy atom. The van der Waals surface area contributed by atoms with Crippen LogP contribution in [0.25, 0.3) is 0 Å². The molecule has 3 nitrogen and oxygen atoms in total. The minimum atomic E-state index is -2.43. The first kappa shape index (κ1) is 15.1. The molecule has 18 heavy (non-hydrogen) atoms. The van der Waals surface area contributed by atoms with Crippen molar-refractivity contribution in [2.45, 2.75) is 59.0 Å². The van der Waals surface area contributed by atoms with Crippen LogP contribution in [0.5, 0.6) is 0 Å². The maximum atomic E-state index is 14.6. The summed E-state index contributed by atoms with van der Waals surface area (Å²) in [6.07, 6.45) is 1.64. The van der Waals surface area contributed by atoms with Crippen molar-refractivity contribution in [1.29, 1.82) is 0 Å². The Bertz CT molecular complexity index is 338. The van der Waals surface area contributed by atoms with E-state index in [4.69, 9.17) is 4.74 Å². The first-order valence-corrected chi connectivity index (χ1v) is 6.67. The summed E-state index contributed by atoms with van der Waals surface area (Å²) >= 11 is 0. The van der Waals surface area contributed by atoms with Gasteiger partial charge in [0, 0.05) is 12.8 Å². The van der Waals surface area contributed by atoms with E-state index in [-0.39, 0.29) is 30.8 Å². The maximum Gasteiger partial charge on any atom is 0.351 e. The lowest BCUT2D eigenvalue weighted by molar-refractivity contribution is -0.167. The number of rotatable bonds is 4. The number of carbonyl (C=O) groups is 2. The van der Waals surface area contributed by atoms with Gasteiger partial charge in [-0.1, -0.05) is 27.2 Å². The lowest BCUT2D eigenvalue weighted by Crippen LogP contribution is -2.50. The van der Waals surface area contributed by atoms with Gasteiger partial charge in [-0.3, -0.25) is 4.79 Å². The highest BCUT2D eigenvalue weighted by Crippen LogP contribution is 2.44. The van der Waals surface area contributed by atoms with Crippen molar-refractivity contribution in [2.24, 2.45) is 11.3 Å². The molecular formula is C14H23FO3. The molecule has 4 heteroatoms. The van der Waals surface area contributed by atoms with Crippen LogP contribution in [0.2, 0.25) is 0 Å². The summed E-state index contributed by atoms with van der Waals surface area (Å²) < 4.78 is 19.4. The fraction of sp³-hybridized carbons (Fsp3) is 0.857. The largest absolute Gasteiger partial charge is 0.463 e. The number of Topliss-reactive ketones (excluding diaryl/α,β-unsaturated/α-hetero) is 1. The van der Waals surface area contributed by atoms with Gasteiger partial charge in [0.15, 0.2) is 5.78 Å². The highest BCUT2D eigenvalue weighted by molar-refractivity contribution is 6.07. The second kappa shape index (κ2) is 5.37. The van der Waals surface area contributed by atoms with Gasteiger partial charge in [-0.2, -0.15) is 0 Å². The third-order valence-electron chi connectivity index (χ3n) is 4.30. The molecule has 0 aromatic rings. The molecule has 104 valence electrons. The second-order valence-electron chi connectivity index (χ2n) is 5.73. The summed E-state index contributed by atoms with van der Waals surface area (Å²) in [7, 11) is 0. The van der Waals surface area contributed by atoms with Crippen molar-refractivity contribution in [1.82, 2.24) is 0 Å². The number of ether oxygens (including phenoxy) is 1. The van der Waals surface area contributed by atoms with Crippen molar-refractivity contribution in [3.8, 4) is 0 Å². The SMILES string of the molecule is CCOC(=O)C1(F)CC(C(C)(C)CC)CCC1=O. The van der Waals surface area contributed by atoms with Crippen molar-refractivity contribution in [3.63, 3.8) is 0 Å². The van der Waals surface area contributed by atoms with Crippen LogP contribution in [-0.2, 0) is 14.3 Å². The lowest BCUT2D eigenvalue weighted by Gasteiger charge is -2.40. The molecule has 0 amide bonds. The molecular weight excluding hydrogens is 235 g/mol. The third-order valence-corrected chi connectivity index (χ3v) is 4.30. The number of ketones is 1. The van der Waals surface area contributed by atoms with Gasteiger partial charge >= 0.3 is 5.97 Å². The Hall–Kier alpha value is -0.930. The minimum Gasteiger partial charge on any atom is -0.463 e. The summed E-state index contributed by atoms with van der Waals surface area (Å²) in [5, 5.41) is 0. The van der Waals surface area contributed by atoms with Crippen LogP contribution >= 0.6 is 0 Å². The smallest absolute Gasteiger partial charge is 0.351 e. The first-order chi connectivity index (χ1) is 8.28. The average molecular weight is 258 g/mol. The number of hydrogen-bond acceptors (Lipinski definition) is 3. The Morgan fingerprint density at radius 2 is 2.11 bits per heavy atom. The van der Waals surface area contributed by atoms with Crippen LogP contribution in [0.3, 0.4) is 0 Å². The summed E-state index contributed by atoms with van der Waals surface area (Å²) in [6, 6.07) is 0. The molecule has 1 rings (SSSR count). The zero-order valence-electron chi connectivity index (χ0n) is 11.7. The molecule has 0 radical (unpaired) electrons. The quantitative estimate of drug-likeness (QED) is 0.575. The molecule has 0 spiro atoms. The van der Waals surface area contributed by atoms with Crippen molar-refractivity contribution in [3.05, 3.63) is 0 Å². The van der Waals surface area contributed by atoms with E-state index in [0.717, 1.165) is 6.42 Å². The number of alkyl halides is 1. The van der Waals surface area contributed by atoms with Crippen LogP contribution < -0.4 is 0 Å². The average Bonchev–Trinajstić information content (AvgIpc) is 2.32. The number of hydrogen-bond donors (Lipinski definition) is 0. The van der Waals surface area contributed by atoms with Gasteiger partial charge in [0.05, 0.1) is 6.61 Å². The van der Waals surface area contributed by atoms with Gasteiger partial charge < -0.3 is 4.74 Å². The van der Waals surface area contributed by atoms with E-state index in [9.17, 15) is 14.0 Å². The van der Waals surface area contributed by atoms with Crippen LogP contribution in [0.1, 0.15) is 53.4 Å². The molecule has 2 unspecified atom stereocenters. The van der Waals surface area contributed by atoms with Crippen LogP contribution in [0.4, 0.5) is 4.39 Å². The van der Waals surface area contributed by atoms with Crippen molar-refractivity contribution >= 4 is 11.8 Å². The fourth-order valence-corrected chi connectivity index (χ4v) is 2.46. The Kier molecular flexibility index (Phi) is 4.51. The molecule has 1 aliphatic carbocycles. The third kappa shape index (κ3) is 2.73. The molecule has 0 aromatic carbocycles. The molecule has 0 N–H and O–H groups in total. The molecule has 0 saturated heterocycles. The first-order valence-electron chi connectivity index (χ1n) is 6.67. The summed E-state index contributed by atoms with van der Waals surface area (Å²) in [4.78, 5) is 23.4. The standard InChI is InChI=1S/C14H23FO3/c1-5-13(3,4)10-7-8-11(16)14(15,9-10)12(17)18-6-2/h10H,5-9H2,1-4H3. The minimum absolute atomic E-state index is 0.0362. The summed E-state index contributed by atoms with van der Waals surface area (Å²) in [6.45, 7) is 7.86. The molecule has 2 atom stereocenters. The van der Waals surface area contributed by atoms with Crippen molar-refractivity contribution < 1.29 is 18.7 Å². The van der Waals surface area contributed by atoms with Gasteiger partial charge in [-0.15, -0.1) is 0 Å². The van der Waals surface area contributed by atoms with E-state index in [0.29, 0.717) is 6.42 Å². The Morgan fingerprint density at radius 1 is 1.50 bits per heavy atom. The van der Waals surface area contributed by atoms with Crippen LogP contribution in [0.15, 0.2) is 0 Å². The summed E-state index contributed by atoms with van der Waals surface area (Å²) in [5.41, 5.74) is -2.49. The monoisotopic (exact) mass is 258 g/mol. The molecule has 1 saturated carbocycles. The molecule has 1 aliphatic rings. The zero-order valence-corrected chi connectivity index (χ0v) is 11.7. The summed E-state index contributed by atoms with van der Waals surface area (Å²) in [5.74, 6) is -1.59. The highest BCUT2D eigenvalue weighted by Gasteiger charge is 2.53. The molecule has 0 aliphatic heterocycles. The molecule has 0 heterocycles. The molecule has 0 bridgehead atoms. The molecule has 0 aromatic heterocycles. The van der Waals surface area contributed by atoms with E-state index < -0.39 is 17.4 Å². The maximum absolute atomic E-state index is 14.6. The van der Waals surface area contributed by atoms with Gasteiger partial charge in [0.2, 0.25) is 0 Å². The van der Waals surface area contributed by atoms with E-state index in [1.807, 2.05) is 6.92 Å². The number of carbonyl (C=O) groups excluding carboxylic acids is 2. The van der Waals surface area contributed by atoms with Crippen LogP contribution in [-0.4, -0.2) is 24.0 Å². The van der Waals surface area contributed by atoms with Gasteiger partial charge in [-0.05, 0) is 24.7 Å². The van der Waals surface area contributed by atoms with Crippen molar-refractivity contribution in [2.75, 3.05) is 6.61 Å². The highest BCUT2D eigenvalue weighted by atomic mass is 19.1. The fourth-order valence-electron chi connectivity index (χ4n) is 2.46. The zero-order chi connectivity index (χ0) is 14.0. The second-order valence-corrected chi connectivity index (χ2v) is 5.73. The number of halogens is 1. The van der Waals surface area contributed by atoms with Gasteiger partial charge in [0.25, 0.3) is 5.67 Å². The van der Waals surface area contributed by atoms with Gasteiger partial charge in [-0.25, -0.2) is 9.18 Å². The van der Waals surface area contributed by atoms with E-state index in [1.54, 1.807) is 6.92 Å². The predicted octanol–water partition coefficient (Wildman–Crippen LogP) is 3.06. The van der Waals surface area contributed by atoms with E-state index >= 15 is 0 Å². The van der Waals surface area contributed by atoms with Gasteiger partial charge in [0.1, 0.15) is 0 Å². The molecule has 1 fully saturated rings. The van der Waals surface area contributed by atoms with Crippen LogP contribution in [0, 0.1) is 11.3 Å². The lowest BCUT2D eigenvalue weighted by atomic mass is 9.65. The van der Waals surface area contributed by atoms with E-state index in [1.165, 1.54) is 0 Å². The topological polar surface area (TPSA) is 43.4 Å². The number of esters is 1. The Labute approximate surface area is 108 Å².